The Kier molecular flexibility index (Phi) is 3.27. The molecule has 2 aromatic heterocycles. The third kappa shape index (κ3) is 2.45. The molecule has 1 aliphatic rings. The summed E-state index contributed by atoms with van der Waals surface area (Å²) >= 11 is 6.27. The molecule has 1 aliphatic heterocycles. The highest BCUT2D eigenvalue weighted by Crippen LogP contribution is 2.38. The maximum absolute atomic E-state index is 11.7. The van der Waals surface area contributed by atoms with E-state index in [-0.39, 0.29) is 5.56 Å². The van der Waals surface area contributed by atoms with Crippen LogP contribution in [-0.4, -0.2) is 27.2 Å². The van der Waals surface area contributed by atoms with Crippen molar-refractivity contribution in [1.29, 1.82) is 0 Å². The van der Waals surface area contributed by atoms with Gasteiger partial charge in [0.2, 0.25) is 5.78 Å². The molecule has 0 unspecified atom stereocenters. The fourth-order valence-electron chi connectivity index (χ4n) is 2.77. The molecular weight excluding hydrogens is 318 g/mol. The van der Waals surface area contributed by atoms with Crippen LogP contribution < -0.4 is 15.0 Å². The Balaban J connectivity index is 1.77. The van der Waals surface area contributed by atoms with Gasteiger partial charge >= 0.3 is 0 Å². The lowest BCUT2D eigenvalue weighted by molar-refractivity contribution is 0.171. The van der Waals surface area contributed by atoms with E-state index < -0.39 is 0 Å². The summed E-state index contributed by atoms with van der Waals surface area (Å²) in [6.07, 6.45) is 3.77. The molecule has 0 N–H and O–H groups in total. The zero-order chi connectivity index (χ0) is 16.0. The van der Waals surface area contributed by atoms with Crippen LogP contribution in [0, 0.1) is 6.92 Å². The van der Waals surface area contributed by atoms with Gasteiger partial charge in [-0.1, -0.05) is 11.6 Å². The second-order valence-corrected chi connectivity index (χ2v) is 5.84. The van der Waals surface area contributed by atoms with Gasteiger partial charge in [-0.2, -0.15) is 4.98 Å². The van der Waals surface area contributed by atoms with Crippen LogP contribution in [0.1, 0.15) is 11.3 Å². The molecule has 0 amide bonds. The Morgan fingerprint density at radius 3 is 2.91 bits per heavy atom. The van der Waals surface area contributed by atoms with Crippen molar-refractivity contribution in [1.82, 2.24) is 14.0 Å². The van der Waals surface area contributed by atoms with E-state index in [0.29, 0.717) is 42.1 Å². The lowest BCUT2D eigenvalue weighted by Gasteiger charge is -2.20. The summed E-state index contributed by atoms with van der Waals surface area (Å²) in [6.45, 7) is 3.42. The minimum atomic E-state index is -0.248. The van der Waals surface area contributed by atoms with E-state index in [1.807, 2.05) is 40.4 Å². The molecule has 0 spiro atoms. The number of rotatable bonds is 2. The summed E-state index contributed by atoms with van der Waals surface area (Å²) in [5.41, 5.74) is 1.55. The van der Waals surface area contributed by atoms with Gasteiger partial charge in [0.25, 0.3) is 5.56 Å². The molecule has 0 radical (unpaired) electrons. The van der Waals surface area contributed by atoms with E-state index in [4.69, 9.17) is 21.1 Å². The number of halogens is 1. The third-order valence-corrected chi connectivity index (χ3v) is 4.08. The van der Waals surface area contributed by atoms with Gasteiger partial charge in [-0.3, -0.25) is 9.20 Å². The number of imidazole rings is 1. The molecule has 0 fully saturated rings. The summed E-state index contributed by atoms with van der Waals surface area (Å²) in [4.78, 5) is 15.7. The van der Waals surface area contributed by atoms with Gasteiger partial charge in [-0.05, 0) is 24.6 Å². The number of hydrogen-bond donors (Lipinski definition) is 0. The molecule has 4 rings (SSSR count). The summed E-state index contributed by atoms with van der Waals surface area (Å²) in [5, 5.41) is 0.523. The number of hydrogen-bond acceptors (Lipinski definition) is 4. The van der Waals surface area contributed by atoms with Crippen molar-refractivity contribution in [3.05, 3.63) is 57.2 Å². The second-order valence-electron chi connectivity index (χ2n) is 5.43. The van der Waals surface area contributed by atoms with Crippen molar-refractivity contribution in [3.63, 3.8) is 0 Å². The minimum absolute atomic E-state index is 0.248. The average molecular weight is 332 g/mol. The number of ether oxygens (including phenoxy) is 2. The molecule has 6 nitrogen and oxygen atoms in total. The summed E-state index contributed by atoms with van der Waals surface area (Å²) in [5.74, 6) is 1.83. The van der Waals surface area contributed by atoms with Crippen LogP contribution in [0.5, 0.6) is 11.5 Å². The molecule has 0 saturated heterocycles. The van der Waals surface area contributed by atoms with E-state index in [9.17, 15) is 4.79 Å². The predicted molar refractivity (Wildman–Crippen MR) is 85.7 cm³/mol. The van der Waals surface area contributed by atoms with E-state index in [1.54, 1.807) is 0 Å². The minimum Gasteiger partial charge on any atom is -0.486 e. The largest absolute Gasteiger partial charge is 0.486 e. The fraction of sp³-hybridized carbons (Fsp3) is 0.250. The molecule has 0 saturated carbocycles. The van der Waals surface area contributed by atoms with Crippen molar-refractivity contribution < 1.29 is 9.47 Å². The molecule has 0 bridgehead atoms. The smallest absolute Gasteiger partial charge is 0.274 e. The Hall–Kier alpha value is -2.47. The van der Waals surface area contributed by atoms with E-state index >= 15 is 0 Å². The first kappa shape index (κ1) is 14.1. The molecule has 1 aromatic carbocycles. The van der Waals surface area contributed by atoms with Gasteiger partial charge in [0, 0.05) is 24.2 Å². The third-order valence-electron chi connectivity index (χ3n) is 3.80. The first-order chi connectivity index (χ1) is 11.1. The lowest BCUT2D eigenvalue weighted by atomic mass is 10.2. The summed E-state index contributed by atoms with van der Waals surface area (Å²) in [6, 6.07) is 5.27. The number of benzene rings is 1. The highest BCUT2D eigenvalue weighted by molar-refractivity contribution is 6.32. The lowest BCUT2D eigenvalue weighted by Crippen LogP contribution is -2.16. The van der Waals surface area contributed by atoms with E-state index in [1.165, 1.54) is 6.07 Å². The Morgan fingerprint density at radius 1 is 1.22 bits per heavy atom. The molecular formula is C16H14ClN3O3. The summed E-state index contributed by atoms with van der Waals surface area (Å²) < 4.78 is 14.9. The molecule has 118 valence electrons. The van der Waals surface area contributed by atoms with E-state index in [2.05, 4.69) is 4.98 Å². The van der Waals surface area contributed by atoms with Crippen LogP contribution in [0.3, 0.4) is 0 Å². The topological polar surface area (TPSA) is 57.8 Å². The average Bonchev–Trinajstić information content (AvgIpc) is 2.90. The zero-order valence-electron chi connectivity index (χ0n) is 12.5. The highest BCUT2D eigenvalue weighted by atomic mass is 35.5. The number of fused-ring (bicyclic) bond motifs is 2. The van der Waals surface area contributed by atoms with Crippen molar-refractivity contribution in [2.75, 3.05) is 13.2 Å². The Labute approximate surface area is 136 Å². The van der Waals surface area contributed by atoms with Crippen LogP contribution in [0.25, 0.3) is 5.78 Å². The number of aromatic nitrogens is 3. The molecule has 23 heavy (non-hydrogen) atoms. The predicted octanol–water partition coefficient (Wildman–Crippen LogP) is 2.28. The highest BCUT2D eigenvalue weighted by Gasteiger charge is 2.17. The second kappa shape index (κ2) is 5.31. The van der Waals surface area contributed by atoms with Crippen molar-refractivity contribution >= 4 is 17.4 Å². The maximum Gasteiger partial charge on any atom is 0.274 e. The van der Waals surface area contributed by atoms with Crippen LogP contribution in [0.4, 0.5) is 0 Å². The number of aryl methyl sites for hydroxylation is 1. The Morgan fingerprint density at radius 2 is 2.04 bits per heavy atom. The SMILES string of the molecule is Cc1cc(=O)nc2n(Cc3cc(Cl)c4c(c3)OCCO4)ccn12. The molecule has 0 aliphatic carbocycles. The fourth-order valence-corrected chi connectivity index (χ4v) is 3.05. The molecule has 0 atom stereocenters. The molecule has 7 heteroatoms. The zero-order valence-corrected chi connectivity index (χ0v) is 13.2. The first-order valence-electron chi connectivity index (χ1n) is 7.25. The molecule has 3 aromatic rings. The van der Waals surface area contributed by atoms with Crippen molar-refractivity contribution in [2.45, 2.75) is 13.5 Å². The van der Waals surface area contributed by atoms with Gasteiger partial charge in [0.1, 0.15) is 13.2 Å². The van der Waals surface area contributed by atoms with Crippen LogP contribution in [0.15, 0.2) is 35.4 Å². The van der Waals surface area contributed by atoms with Crippen LogP contribution >= 0.6 is 11.6 Å². The first-order valence-corrected chi connectivity index (χ1v) is 7.63. The van der Waals surface area contributed by atoms with E-state index in [0.717, 1.165) is 11.3 Å². The quantitative estimate of drug-likeness (QED) is 0.723. The number of nitrogens with zero attached hydrogens (tertiary/aromatic N) is 3. The van der Waals surface area contributed by atoms with Crippen molar-refractivity contribution in [2.24, 2.45) is 0 Å². The van der Waals surface area contributed by atoms with Gasteiger partial charge in [-0.25, -0.2) is 0 Å². The summed E-state index contributed by atoms with van der Waals surface area (Å²) in [7, 11) is 0. The van der Waals surface area contributed by atoms with Gasteiger partial charge in [0.05, 0.1) is 11.6 Å². The molecule has 3 heterocycles. The van der Waals surface area contributed by atoms with Crippen LogP contribution in [0.2, 0.25) is 5.02 Å². The maximum atomic E-state index is 11.7. The standard InChI is InChI=1S/C16H14ClN3O3/c1-10-6-14(21)18-16-19(2-3-20(10)16)9-11-7-12(17)15-13(8-11)22-4-5-23-15/h2-3,6-8H,4-5,9H2,1H3. The normalized spacial score (nSPS) is 13.5. The van der Waals surface area contributed by atoms with Gasteiger partial charge < -0.3 is 14.0 Å². The van der Waals surface area contributed by atoms with Gasteiger partial charge in [0.15, 0.2) is 11.5 Å². The van der Waals surface area contributed by atoms with Crippen LogP contribution in [-0.2, 0) is 6.54 Å². The van der Waals surface area contributed by atoms with Crippen molar-refractivity contribution in [3.8, 4) is 11.5 Å². The Bertz CT molecular complexity index is 961. The van der Waals surface area contributed by atoms with Gasteiger partial charge in [-0.15, -0.1) is 0 Å². The monoisotopic (exact) mass is 331 g/mol.